The number of sulfonamides is 1. The molecule has 0 aliphatic heterocycles. The van der Waals surface area contributed by atoms with E-state index in [9.17, 15) is 26.0 Å². The summed E-state index contributed by atoms with van der Waals surface area (Å²) in [4.78, 5) is -0.154. The molecule has 2 rings (SSSR count). The summed E-state index contributed by atoms with van der Waals surface area (Å²) in [5.74, 6) is -1.01. The van der Waals surface area contributed by atoms with E-state index in [-0.39, 0.29) is 4.90 Å². The zero-order chi connectivity index (χ0) is 18.1. The summed E-state index contributed by atoms with van der Waals surface area (Å²) in [6.45, 7) is 1.62. The van der Waals surface area contributed by atoms with Crippen molar-refractivity contribution < 1.29 is 30.7 Å². The van der Waals surface area contributed by atoms with Crippen molar-refractivity contribution in [3.8, 4) is 5.75 Å². The molecule has 0 radical (unpaired) electrons. The van der Waals surface area contributed by atoms with E-state index in [0.29, 0.717) is 23.4 Å². The standard InChI is InChI=1S/C15H13F4NO3S/c1-9-7-11(4-6-14(9)23-2)24(21,22)20-10-3-5-13(16)12(8-10)15(17,18)19/h3-8,20H,1-2H3. The molecule has 0 atom stereocenters. The minimum Gasteiger partial charge on any atom is -0.496 e. The second-order valence-corrected chi connectivity index (χ2v) is 6.61. The SMILES string of the molecule is COc1ccc(S(=O)(=O)Nc2ccc(F)c(C(F)(F)F)c2)cc1C. The number of hydrogen-bond acceptors (Lipinski definition) is 3. The zero-order valence-electron chi connectivity index (χ0n) is 12.6. The molecule has 0 saturated carbocycles. The number of methoxy groups -OCH3 is 1. The van der Waals surface area contributed by atoms with E-state index in [0.717, 1.165) is 6.07 Å². The molecule has 0 fully saturated rings. The Hall–Kier alpha value is -2.29. The first kappa shape index (κ1) is 18.1. The maximum atomic E-state index is 13.2. The normalized spacial score (nSPS) is 12.1. The highest BCUT2D eigenvalue weighted by Crippen LogP contribution is 2.33. The Kier molecular flexibility index (Phi) is 4.75. The third-order valence-electron chi connectivity index (χ3n) is 3.20. The van der Waals surface area contributed by atoms with Crippen molar-refractivity contribution in [3.05, 3.63) is 53.3 Å². The van der Waals surface area contributed by atoms with Crippen LogP contribution in [-0.4, -0.2) is 15.5 Å². The number of hydrogen-bond donors (Lipinski definition) is 1. The van der Waals surface area contributed by atoms with Crippen molar-refractivity contribution in [2.75, 3.05) is 11.8 Å². The molecule has 1 N–H and O–H groups in total. The molecule has 0 saturated heterocycles. The summed E-state index contributed by atoms with van der Waals surface area (Å²) >= 11 is 0. The van der Waals surface area contributed by atoms with Gasteiger partial charge in [0.25, 0.3) is 10.0 Å². The molecule has 0 aromatic heterocycles. The number of benzene rings is 2. The van der Waals surface area contributed by atoms with Crippen molar-refractivity contribution in [1.82, 2.24) is 0 Å². The van der Waals surface area contributed by atoms with Gasteiger partial charge in [0.2, 0.25) is 0 Å². The molecule has 0 aliphatic rings. The molecule has 2 aromatic rings. The Balaban J connectivity index is 2.38. The number of alkyl halides is 3. The topological polar surface area (TPSA) is 55.4 Å². The number of anilines is 1. The Morgan fingerprint density at radius 2 is 1.75 bits per heavy atom. The largest absolute Gasteiger partial charge is 0.496 e. The number of aryl methyl sites for hydroxylation is 1. The quantitative estimate of drug-likeness (QED) is 0.837. The van der Waals surface area contributed by atoms with Gasteiger partial charge in [-0.25, -0.2) is 12.8 Å². The van der Waals surface area contributed by atoms with Crippen LogP contribution < -0.4 is 9.46 Å². The maximum absolute atomic E-state index is 13.2. The summed E-state index contributed by atoms with van der Waals surface area (Å²) in [6, 6.07) is 5.87. The Morgan fingerprint density at radius 3 is 2.29 bits per heavy atom. The van der Waals surface area contributed by atoms with Crippen molar-refractivity contribution in [2.24, 2.45) is 0 Å². The van der Waals surface area contributed by atoms with Crippen LogP contribution in [0.3, 0.4) is 0 Å². The lowest BCUT2D eigenvalue weighted by Crippen LogP contribution is -2.15. The Morgan fingerprint density at radius 1 is 1.08 bits per heavy atom. The first-order valence-electron chi connectivity index (χ1n) is 6.59. The maximum Gasteiger partial charge on any atom is 0.419 e. The van der Waals surface area contributed by atoms with E-state index in [1.165, 1.54) is 25.3 Å². The summed E-state index contributed by atoms with van der Waals surface area (Å²) in [7, 11) is -2.71. The van der Waals surface area contributed by atoms with Gasteiger partial charge in [0, 0.05) is 5.69 Å². The van der Waals surface area contributed by atoms with Gasteiger partial charge < -0.3 is 4.74 Å². The van der Waals surface area contributed by atoms with E-state index < -0.39 is 33.3 Å². The van der Waals surface area contributed by atoms with E-state index in [1.807, 2.05) is 4.72 Å². The number of halogens is 4. The van der Waals surface area contributed by atoms with E-state index in [2.05, 4.69) is 0 Å². The zero-order valence-corrected chi connectivity index (χ0v) is 13.4. The Labute approximate surface area is 136 Å². The highest BCUT2D eigenvalue weighted by molar-refractivity contribution is 7.92. The fourth-order valence-corrected chi connectivity index (χ4v) is 3.17. The summed E-state index contributed by atoms with van der Waals surface area (Å²) in [5, 5.41) is 0. The van der Waals surface area contributed by atoms with Gasteiger partial charge in [0.05, 0.1) is 17.6 Å². The third-order valence-corrected chi connectivity index (χ3v) is 4.58. The lowest BCUT2D eigenvalue weighted by atomic mass is 10.2. The van der Waals surface area contributed by atoms with Crippen LogP contribution in [-0.2, 0) is 16.2 Å². The average Bonchev–Trinajstić information content (AvgIpc) is 2.47. The van der Waals surface area contributed by atoms with Gasteiger partial charge in [-0.2, -0.15) is 13.2 Å². The van der Waals surface area contributed by atoms with E-state index >= 15 is 0 Å². The van der Waals surface area contributed by atoms with Crippen LogP contribution in [0.5, 0.6) is 5.75 Å². The van der Waals surface area contributed by atoms with Crippen molar-refractivity contribution in [1.29, 1.82) is 0 Å². The first-order valence-corrected chi connectivity index (χ1v) is 8.07. The summed E-state index contributed by atoms with van der Waals surface area (Å²) in [5.41, 5.74) is -1.40. The first-order chi connectivity index (χ1) is 11.0. The molecule has 2 aromatic carbocycles. The molecular weight excluding hydrogens is 350 g/mol. The minimum absolute atomic E-state index is 0.154. The van der Waals surface area contributed by atoms with E-state index in [4.69, 9.17) is 4.74 Å². The van der Waals surface area contributed by atoms with Gasteiger partial charge in [0.15, 0.2) is 0 Å². The lowest BCUT2D eigenvalue weighted by Gasteiger charge is -2.13. The molecule has 130 valence electrons. The van der Waals surface area contributed by atoms with Gasteiger partial charge in [-0.3, -0.25) is 4.72 Å². The third kappa shape index (κ3) is 3.78. The highest BCUT2D eigenvalue weighted by atomic mass is 32.2. The fourth-order valence-electron chi connectivity index (χ4n) is 2.04. The number of nitrogens with one attached hydrogen (secondary N) is 1. The second-order valence-electron chi connectivity index (χ2n) is 4.93. The lowest BCUT2D eigenvalue weighted by molar-refractivity contribution is -0.139. The minimum atomic E-state index is -4.93. The van der Waals surface area contributed by atoms with Crippen LogP contribution >= 0.6 is 0 Å². The van der Waals surface area contributed by atoms with Crippen molar-refractivity contribution in [3.63, 3.8) is 0 Å². The molecule has 0 aliphatic carbocycles. The molecule has 0 spiro atoms. The Bertz CT molecular complexity index is 864. The molecule has 4 nitrogen and oxygen atoms in total. The van der Waals surface area contributed by atoms with Crippen LogP contribution in [0.1, 0.15) is 11.1 Å². The molecule has 9 heteroatoms. The molecule has 0 unspecified atom stereocenters. The van der Waals surface area contributed by atoms with Gasteiger partial charge in [-0.15, -0.1) is 0 Å². The number of rotatable bonds is 4. The molecule has 24 heavy (non-hydrogen) atoms. The van der Waals surface area contributed by atoms with Crippen molar-refractivity contribution in [2.45, 2.75) is 18.0 Å². The van der Waals surface area contributed by atoms with Crippen molar-refractivity contribution >= 4 is 15.7 Å². The highest BCUT2D eigenvalue weighted by Gasteiger charge is 2.34. The molecular formula is C15H13F4NO3S. The predicted octanol–water partition coefficient (Wildman–Crippen LogP) is 3.96. The molecule has 0 bridgehead atoms. The molecule has 0 amide bonds. The second kappa shape index (κ2) is 6.31. The fraction of sp³-hybridized carbons (Fsp3) is 0.200. The average molecular weight is 363 g/mol. The van der Waals surface area contributed by atoms with Crippen LogP contribution in [0.4, 0.5) is 23.2 Å². The van der Waals surface area contributed by atoms with Gasteiger partial charge in [-0.1, -0.05) is 0 Å². The van der Waals surface area contributed by atoms with Crippen LogP contribution in [0.25, 0.3) is 0 Å². The van der Waals surface area contributed by atoms with Gasteiger partial charge in [-0.05, 0) is 48.9 Å². The van der Waals surface area contributed by atoms with Crippen LogP contribution in [0, 0.1) is 12.7 Å². The smallest absolute Gasteiger partial charge is 0.419 e. The predicted molar refractivity (Wildman–Crippen MR) is 79.9 cm³/mol. The van der Waals surface area contributed by atoms with Gasteiger partial charge in [0.1, 0.15) is 11.6 Å². The van der Waals surface area contributed by atoms with E-state index in [1.54, 1.807) is 6.92 Å². The van der Waals surface area contributed by atoms with Crippen LogP contribution in [0.15, 0.2) is 41.3 Å². The summed E-state index contributed by atoms with van der Waals surface area (Å²) in [6.07, 6.45) is -4.93. The molecule has 0 heterocycles. The summed E-state index contributed by atoms with van der Waals surface area (Å²) < 4.78 is 82.9. The monoisotopic (exact) mass is 363 g/mol. The van der Waals surface area contributed by atoms with Crippen LogP contribution in [0.2, 0.25) is 0 Å². The van der Waals surface area contributed by atoms with Gasteiger partial charge >= 0.3 is 6.18 Å². The number of ether oxygens (including phenoxy) is 1.